The van der Waals surface area contributed by atoms with E-state index in [1.54, 1.807) is 0 Å². The molecule has 0 saturated heterocycles. The Bertz CT molecular complexity index is 1080. The summed E-state index contributed by atoms with van der Waals surface area (Å²) in [6, 6.07) is 9.99. The highest BCUT2D eigenvalue weighted by Gasteiger charge is 2.13. The second-order valence-corrected chi connectivity index (χ2v) is 6.89. The highest BCUT2D eigenvalue weighted by Crippen LogP contribution is 2.16. The maximum atomic E-state index is 12.9. The average molecular weight is 391 g/mol. The molecule has 0 aliphatic heterocycles. The number of rotatable bonds is 4. The Labute approximate surface area is 153 Å². The highest BCUT2D eigenvalue weighted by atomic mass is 32.2. The molecule has 0 fully saturated rings. The minimum absolute atomic E-state index is 0.0320. The molecule has 0 unspecified atom stereocenters. The predicted octanol–water partition coefficient (Wildman–Crippen LogP) is 1.28. The number of nitrogen functional groups attached to an aromatic ring is 1. The lowest BCUT2D eigenvalue weighted by Gasteiger charge is -2.05. The van der Waals surface area contributed by atoms with Gasteiger partial charge in [0.2, 0.25) is 16.0 Å². The van der Waals surface area contributed by atoms with Crippen molar-refractivity contribution < 1.29 is 17.6 Å². The number of sulfonamides is 1. The van der Waals surface area contributed by atoms with E-state index in [2.05, 4.69) is 20.7 Å². The Morgan fingerprint density at radius 2 is 1.67 bits per heavy atom. The first-order valence-corrected chi connectivity index (χ1v) is 8.96. The number of nitrogens with zero attached hydrogens (tertiary/aromatic N) is 3. The average Bonchev–Trinajstić information content (AvgIpc) is 2.96. The predicted molar refractivity (Wildman–Crippen MR) is 96.2 cm³/mol. The van der Waals surface area contributed by atoms with Crippen molar-refractivity contribution in [1.29, 1.82) is 0 Å². The summed E-state index contributed by atoms with van der Waals surface area (Å²) >= 11 is 0. The van der Waals surface area contributed by atoms with E-state index >= 15 is 0 Å². The number of benzene rings is 2. The van der Waals surface area contributed by atoms with Gasteiger partial charge in [-0.2, -0.15) is 9.67 Å². The lowest BCUT2D eigenvalue weighted by atomic mass is 10.3. The Morgan fingerprint density at radius 3 is 2.26 bits per heavy atom. The largest absolute Gasteiger partial charge is 0.368 e. The molecule has 3 aromatic rings. The SMILES string of the molecule is Nc1nc(NC(=O)Nc2ccc(F)cc2)nn1-c1ccc(S(N)(=O)=O)cc1. The number of nitrogens with two attached hydrogens (primary N) is 2. The molecule has 0 radical (unpaired) electrons. The number of aromatic nitrogens is 3. The summed E-state index contributed by atoms with van der Waals surface area (Å²) in [6.45, 7) is 0. The van der Waals surface area contributed by atoms with Crippen molar-refractivity contribution in [3.63, 3.8) is 0 Å². The van der Waals surface area contributed by atoms with Crippen LogP contribution in [0.3, 0.4) is 0 Å². The number of halogens is 1. The van der Waals surface area contributed by atoms with Crippen LogP contribution in [0.4, 0.5) is 26.8 Å². The first kappa shape index (κ1) is 18.3. The number of carbonyl (C=O) groups is 1. The molecule has 12 heteroatoms. The summed E-state index contributed by atoms with van der Waals surface area (Å²) in [6.07, 6.45) is 0. The number of primary sulfonamides is 1. The summed E-state index contributed by atoms with van der Waals surface area (Å²) in [4.78, 5) is 15.8. The number of anilines is 3. The van der Waals surface area contributed by atoms with Gasteiger partial charge in [0, 0.05) is 5.69 Å². The van der Waals surface area contributed by atoms with Gasteiger partial charge in [-0.15, -0.1) is 5.10 Å². The second-order valence-electron chi connectivity index (χ2n) is 5.33. The van der Waals surface area contributed by atoms with Gasteiger partial charge in [-0.1, -0.05) is 0 Å². The first-order chi connectivity index (χ1) is 12.7. The van der Waals surface area contributed by atoms with Crippen LogP contribution in [-0.2, 0) is 10.0 Å². The fraction of sp³-hybridized carbons (Fsp3) is 0. The van der Waals surface area contributed by atoms with E-state index in [1.807, 2.05) is 0 Å². The van der Waals surface area contributed by atoms with Gasteiger partial charge in [-0.25, -0.2) is 22.7 Å². The van der Waals surface area contributed by atoms with Crippen LogP contribution >= 0.6 is 0 Å². The number of hydrogen-bond donors (Lipinski definition) is 4. The number of hydrogen-bond acceptors (Lipinski definition) is 6. The molecule has 0 aliphatic rings. The van der Waals surface area contributed by atoms with Crippen molar-refractivity contribution in [2.24, 2.45) is 5.14 Å². The van der Waals surface area contributed by atoms with E-state index in [-0.39, 0.29) is 16.8 Å². The lowest BCUT2D eigenvalue weighted by molar-refractivity contribution is 0.262. The third kappa shape index (κ3) is 4.37. The molecule has 10 nitrogen and oxygen atoms in total. The zero-order chi connectivity index (χ0) is 19.6. The summed E-state index contributed by atoms with van der Waals surface area (Å²) in [5, 5.41) is 14.0. The van der Waals surface area contributed by atoms with Gasteiger partial charge in [-0.05, 0) is 48.5 Å². The Morgan fingerprint density at radius 1 is 1.04 bits per heavy atom. The minimum atomic E-state index is -3.82. The zero-order valence-electron chi connectivity index (χ0n) is 13.6. The van der Waals surface area contributed by atoms with Gasteiger partial charge in [0.05, 0.1) is 10.6 Å². The third-order valence-electron chi connectivity index (χ3n) is 3.37. The van der Waals surface area contributed by atoms with Crippen LogP contribution in [0.2, 0.25) is 0 Å². The van der Waals surface area contributed by atoms with Gasteiger partial charge in [0.25, 0.3) is 5.95 Å². The fourth-order valence-electron chi connectivity index (χ4n) is 2.14. The minimum Gasteiger partial charge on any atom is -0.368 e. The molecule has 2 amide bonds. The smallest absolute Gasteiger partial charge is 0.326 e. The molecular weight excluding hydrogens is 377 g/mol. The van der Waals surface area contributed by atoms with Crippen LogP contribution in [0.1, 0.15) is 0 Å². The van der Waals surface area contributed by atoms with Gasteiger partial charge in [-0.3, -0.25) is 5.32 Å². The molecule has 2 aromatic carbocycles. The zero-order valence-corrected chi connectivity index (χ0v) is 14.4. The standard InChI is InChI=1S/C15H14FN7O3S/c16-9-1-3-10(4-2-9)19-15(24)21-14-20-13(17)23(22-14)11-5-7-12(8-6-11)27(18,25)26/h1-8H,(H2,18,25,26)(H4,17,19,20,21,22,24). The Hall–Kier alpha value is -3.51. The van der Waals surface area contributed by atoms with Crippen LogP contribution in [0.5, 0.6) is 0 Å². The molecule has 0 saturated carbocycles. The van der Waals surface area contributed by atoms with E-state index in [4.69, 9.17) is 10.9 Å². The van der Waals surface area contributed by atoms with Gasteiger partial charge < -0.3 is 11.1 Å². The molecule has 1 aromatic heterocycles. The molecule has 0 spiro atoms. The van der Waals surface area contributed by atoms with E-state index in [1.165, 1.54) is 53.2 Å². The molecule has 3 rings (SSSR count). The molecule has 140 valence electrons. The number of nitrogens with one attached hydrogen (secondary N) is 2. The van der Waals surface area contributed by atoms with E-state index in [9.17, 15) is 17.6 Å². The molecule has 1 heterocycles. The van der Waals surface area contributed by atoms with Crippen LogP contribution in [0, 0.1) is 5.82 Å². The third-order valence-corrected chi connectivity index (χ3v) is 4.30. The quantitative estimate of drug-likeness (QED) is 0.524. The van der Waals surface area contributed by atoms with E-state index in [0.717, 1.165) is 0 Å². The van der Waals surface area contributed by atoms with E-state index in [0.29, 0.717) is 11.4 Å². The maximum absolute atomic E-state index is 12.9. The number of urea groups is 1. The van der Waals surface area contributed by atoms with Crippen molar-refractivity contribution in [2.75, 3.05) is 16.4 Å². The Balaban J connectivity index is 1.74. The van der Waals surface area contributed by atoms with Gasteiger partial charge in [0.1, 0.15) is 5.82 Å². The maximum Gasteiger partial charge on any atom is 0.326 e. The van der Waals surface area contributed by atoms with Gasteiger partial charge >= 0.3 is 6.03 Å². The molecular formula is C15H14FN7O3S. The monoisotopic (exact) mass is 391 g/mol. The van der Waals surface area contributed by atoms with Crippen molar-refractivity contribution in [1.82, 2.24) is 14.8 Å². The summed E-state index contributed by atoms with van der Waals surface area (Å²) in [5.41, 5.74) is 6.57. The van der Waals surface area contributed by atoms with Crippen molar-refractivity contribution in [3.8, 4) is 5.69 Å². The Kier molecular flexibility index (Phi) is 4.75. The molecule has 0 aliphatic carbocycles. The normalized spacial score (nSPS) is 11.2. The van der Waals surface area contributed by atoms with Crippen LogP contribution in [0.15, 0.2) is 53.4 Å². The van der Waals surface area contributed by atoms with E-state index < -0.39 is 21.9 Å². The summed E-state index contributed by atoms with van der Waals surface area (Å²) in [7, 11) is -3.82. The fourth-order valence-corrected chi connectivity index (χ4v) is 2.66. The van der Waals surface area contributed by atoms with Crippen molar-refractivity contribution >= 4 is 33.6 Å². The summed E-state index contributed by atoms with van der Waals surface area (Å²) < 4.78 is 36.6. The first-order valence-electron chi connectivity index (χ1n) is 7.42. The van der Waals surface area contributed by atoms with Gasteiger partial charge in [0.15, 0.2) is 0 Å². The molecule has 0 atom stereocenters. The number of carbonyl (C=O) groups excluding carboxylic acids is 1. The second kappa shape index (κ2) is 7.01. The molecule has 0 bridgehead atoms. The van der Waals surface area contributed by atoms with Crippen molar-refractivity contribution in [2.45, 2.75) is 4.90 Å². The topological polar surface area (TPSA) is 158 Å². The van der Waals surface area contributed by atoms with Crippen LogP contribution in [0.25, 0.3) is 5.69 Å². The molecule has 6 N–H and O–H groups in total. The lowest BCUT2D eigenvalue weighted by Crippen LogP contribution is -2.20. The van der Waals surface area contributed by atoms with Crippen LogP contribution < -0.4 is 21.5 Å². The highest BCUT2D eigenvalue weighted by molar-refractivity contribution is 7.89. The molecule has 27 heavy (non-hydrogen) atoms. The number of amides is 2. The summed E-state index contributed by atoms with van der Waals surface area (Å²) in [5.74, 6) is -0.541. The van der Waals surface area contributed by atoms with Crippen molar-refractivity contribution in [3.05, 3.63) is 54.3 Å². The van der Waals surface area contributed by atoms with Crippen LogP contribution in [-0.4, -0.2) is 29.2 Å².